The van der Waals surface area contributed by atoms with Crippen molar-refractivity contribution in [2.45, 2.75) is 58.8 Å². The van der Waals surface area contributed by atoms with Gasteiger partial charge in [-0.25, -0.2) is 0 Å². The number of aliphatic imine (C=N–C) groups is 1. The Morgan fingerprint density at radius 3 is 2.68 bits per heavy atom. The van der Waals surface area contributed by atoms with E-state index in [4.69, 9.17) is 9.73 Å². The molecule has 5 nitrogen and oxygen atoms in total. The van der Waals surface area contributed by atoms with Crippen molar-refractivity contribution in [3.63, 3.8) is 0 Å². The molecule has 2 aliphatic rings. The first-order chi connectivity index (χ1) is 12.3. The quantitative estimate of drug-likeness (QED) is 0.373. The highest BCUT2D eigenvalue weighted by molar-refractivity contribution is 5.80. The van der Waals surface area contributed by atoms with Crippen molar-refractivity contribution in [1.82, 2.24) is 15.1 Å². The normalized spacial score (nSPS) is 22.6. The molecule has 2 rings (SSSR count). The number of nitrogens with one attached hydrogen (secondary N) is 1. The van der Waals surface area contributed by atoms with Gasteiger partial charge in [-0.05, 0) is 65.6 Å². The maximum atomic E-state index is 5.59. The van der Waals surface area contributed by atoms with Crippen LogP contribution >= 0.6 is 0 Å². The summed E-state index contributed by atoms with van der Waals surface area (Å²) >= 11 is 0. The molecule has 2 fully saturated rings. The van der Waals surface area contributed by atoms with Crippen molar-refractivity contribution in [2.24, 2.45) is 10.9 Å². The van der Waals surface area contributed by atoms with Crippen LogP contribution in [0.25, 0.3) is 0 Å². The molecule has 0 radical (unpaired) electrons. The van der Waals surface area contributed by atoms with Crippen LogP contribution in [0, 0.1) is 5.92 Å². The summed E-state index contributed by atoms with van der Waals surface area (Å²) in [4.78, 5) is 9.93. The van der Waals surface area contributed by atoms with E-state index in [1.54, 1.807) is 0 Å². The summed E-state index contributed by atoms with van der Waals surface area (Å²) in [6.45, 7) is 14.0. The molecule has 0 amide bonds. The predicted molar refractivity (Wildman–Crippen MR) is 106 cm³/mol. The van der Waals surface area contributed by atoms with Gasteiger partial charge in [0, 0.05) is 38.7 Å². The number of hydrogen-bond donors (Lipinski definition) is 1. The van der Waals surface area contributed by atoms with Gasteiger partial charge in [-0.1, -0.05) is 12.8 Å². The number of likely N-dealkylation sites (tertiary alicyclic amines) is 2. The van der Waals surface area contributed by atoms with Crippen LogP contribution in [0.3, 0.4) is 0 Å². The van der Waals surface area contributed by atoms with Gasteiger partial charge < -0.3 is 19.9 Å². The lowest BCUT2D eigenvalue weighted by Gasteiger charge is -2.26. The van der Waals surface area contributed by atoms with Crippen LogP contribution < -0.4 is 5.32 Å². The van der Waals surface area contributed by atoms with Gasteiger partial charge in [0.25, 0.3) is 0 Å². The van der Waals surface area contributed by atoms with Crippen molar-refractivity contribution >= 4 is 5.96 Å². The van der Waals surface area contributed by atoms with Crippen molar-refractivity contribution < 1.29 is 4.74 Å². The van der Waals surface area contributed by atoms with Crippen LogP contribution in [0.5, 0.6) is 0 Å². The van der Waals surface area contributed by atoms with Crippen LogP contribution in [0.4, 0.5) is 0 Å². The van der Waals surface area contributed by atoms with Crippen molar-refractivity contribution in [2.75, 3.05) is 59.0 Å². The molecule has 0 spiro atoms. The van der Waals surface area contributed by atoms with E-state index in [-0.39, 0.29) is 0 Å². The minimum absolute atomic E-state index is 0.661. The van der Waals surface area contributed by atoms with E-state index < -0.39 is 0 Å². The Labute approximate surface area is 155 Å². The fourth-order valence-corrected chi connectivity index (χ4v) is 3.86. The molecular formula is C20H40N4O. The molecular weight excluding hydrogens is 312 g/mol. The molecule has 2 heterocycles. The van der Waals surface area contributed by atoms with Gasteiger partial charge in [-0.15, -0.1) is 0 Å². The summed E-state index contributed by atoms with van der Waals surface area (Å²) in [5.41, 5.74) is 0. The van der Waals surface area contributed by atoms with E-state index in [2.05, 4.69) is 29.0 Å². The van der Waals surface area contributed by atoms with Crippen LogP contribution in [-0.2, 0) is 4.74 Å². The van der Waals surface area contributed by atoms with Crippen LogP contribution in [0.2, 0.25) is 0 Å². The van der Waals surface area contributed by atoms with E-state index in [0.717, 1.165) is 45.4 Å². The second-order valence-corrected chi connectivity index (χ2v) is 7.46. The molecule has 0 aromatic carbocycles. The van der Waals surface area contributed by atoms with Gasteiger partial charge in [0.2, 0.25) is 0 Å². The van der Waals surface area contributed by atoms with Gasteiger partial charge in [0.1, 0.15) is 0 Å². The Morgan fingerprint density at radius 1 is 1.08 bits per heavy atom. The first-order valence-electron chi connectivity index (χ1n) is 10.7. The first-order valence-corrected chi connectivity index (χ1v) is 10.7. The average Bonchev–Trinajstić information content (AvgIpc) is 3.11. The van der Waals surface area contributed by atoms with E-state index in [1.807, 2.05) is 0 Å². The molecule has 1 N–H and O–H groups in total. The Bertz CT molecular complexity index is 369. The lowest BCUT2D eigenvalue weighted by molar-refractivity contribution is 0.114. The molecule has 0 bridgehead atoms. The second-order valence-electron chi connectivity index (χ2n) is 7.46. The number of rotatable bonds is 10. The molecule has 146 valence electrons. The molecule has 2 saturated heterocycles. The van der Waals surface area contributed by atoms with Gasteiger partial charge >= 0.3 is 0 Å². The Balaban J connectivity index is 1.62. The zero-order valence-electron chi connectivity index (χ0n) is 16.6. The predicted octanol–water partition coefficient (Wildman–Crippen LogP) is 2.97. The zero-order chi connectivity index (χ0) is 17.7. The SMILES string of the molecule is CCNC(=NCCCCCN1CCCCC1)N1CCC(COCC)C1. The summed E-state index contributed by atoms with van der Waals surface area (Å²) in [5.74, 6) is 1.77. The lowest BCUT2D eigenvalue weighted by Crippen LogP contribution is -2.40. The standard InChI is InChI=1S/C20H40N4O/c1-3-21-20(24-16-11-19(17-24)18-25-4-2)22-12-7-5-8-13-23-14-9-6-10-15-23/h19H,3-18H2,1-2H3,(H,21,22). The van der Waals surface area contributed by atoms with E-state index in [9.17, 15) is 0 Å². The van der Waals surface area contributed by atoms with Crippen LogP contribution in [0.15, 0.2) is 4.99 Å². The first kappa shape index (κ1) is 20.5. The van der Waals surface area contributed by atoms with Gasteiger partial charge in [-0.3, -0.25) is 4.99 Å². The molecule has 0 aliphatic carbocycles. The number of guanidine groups is 1. The fraction of sp³-hybridized carbons (Fsp3) is 0.950. The van der Waals surface area contributed by atoms with Crippen molar-refractivity contribution in [3.8, 4) is 0 Å². The summed E-state index contributed by atoms with van der Waals surface area (Å²) in [7, 11) is 0. The average molecular weight is 353 g/mol. The third-order valence-corrected chi connectivity index (χ3v) is 5.32. The Kier molecular flexibility index (Phi) is 10.3. The molecule has 0 aromatic heterocycles. The largest absolute Gasteiger partial charge is 0.381 e. The minimum atomic E-state index is 0.661. The summed E-state index contributed by atoms with van der Waals surface area (Å²) < 4.78 is 5.59. The Hall–Kier alpha value is -0.810. The van der Waals surface area contributed by atoms with Crippen LogP contribution in [-0.4, -0.2) is 74.8 Å². The van der Waals surface area contributed by atoms with Crippen molar-refractivity contribution in [1.29, 1.82) is 0 Å². The highest BCUT2D eigenvalue weighted by Crippen LogP contribution is 2.16. The number of nitrogens with zero attached hydrogens (tertiary/aromatic N) is 3. The fourth-order valence-electron chi connectivity index (χ4n) is 3.86. The molecule has 1 atom stereocenters. The Morgan fingerprint density at radius 2 is 1.92 bits per heavy atom. The second kappa shape index (κ2) is 12.5. The maximum Gasteiger partial charge on any atom is 0.193 e. The summed E-state index contributed by atoms with van der Waals surface area (Å²) in [6.07, 6.45) is 9.28. The van der Waals surface area contributed by atoms with Gasteiger partial charge in [-0.2, -0.15) is 0 Å². The third-order valence-electron chi connectivity index (χ3n) is 5.32. The molecule has 2 aliphatic heterocycles. The molecule has 5 heteroatoms. The minimum Gasteiger partial charge on any atom is -0.381 e. The number of unbranched alkanes of at least 4 members (excludes halogenated alkanes) is 2. The molecule has 0 saturated carbocycles. The summed E-state index contributed by atoms with van der Waals surface area (Å²) in [6, 6.07) is 0. The molecule has 0 aromatic rings. The highest BCUT2D eigenvalue weighted by atomic mass is 16.5. The van der Waals surface area contributed by atoms with E-state index in [1.165, 1.54) is 64.6 Å². The number of piperidine rings is 1. The van der Waals surface area contributed by atoms with Gasteiger partial charge in [0.05, 0.1) is 6.61 Å². The lowest BCUT2D eigenvalue weighted by atomic mass is 10.1. The van der Waals surface area contributed by atoms with Crippen LogP contribution in [0.1, 0.15) is 58.8 Å². The maximum absolute atomic E-state index is 5.59. The molecule has 25 heavy (non-hydrogen) atoms. The van der Waals surface area contributed by atoms with Gasteiger partial charge in [0.15, 0.2) is 5.96 Å². The zero-order valence-corrected chi connectivity index (χ0v) is 16.6. The van der Waals surface area contributed by atoms with Crippen molar-refractivity contribution in [3.05, 3.63) is 0 Å². The number of ether oxygens (including phenoxy) is 1. The van der Waals surface area contributed by atoms with E-state index in [0.29, 0.717) is 5.92 Å². The monoisotopic (exact) mass is 352 g/mol. The van der Waals surface area contributed by atoms with E-state index >= 15 is 0 Å². The highest BCUT2D eigenvalue weighted by Gasteiger charge is 2.24. The third kappa shape index (κ3) is 7.95. The number of hydrogen-bond acceptors (Lipinski definition) is 3. The molecule has 1 unspecified atom stereocenters. The smallest absolute Gasteiger partial charge is 0.193 e. The topological polar surface area (TPSA) is 40.1 Å². The summed E-state index contributed by atoms with van der Waals surface area (Å²) in [5, 5.41) is 3.47.